The molecule has 0 radical (unpaired) electrons. The van der Waals surface area contributed by atoms with Crippen molar-refractivity contribution in [1.29, 1.82) is 0 Å². The van der Waals surface area contributed by atoms with Crippen molar-refractivity contribution >= 4 is 39.6 Å². The largest absolute Gasteiger partial charge is 0.455 e. The van der Waals surface area contributed by atoms with Crippen LogP contribution in [-0.4, -0.2) is 97.9 Å². The average molecular weight is 765 g/mol. The van der Waals surface area contributed by atoms with Crippen LogP contribution in [-0.2, 0) is 28.7 Å². The molecule has 5 rings (SSSR count). The van der Waals surface area contributed by atoms with Crippen LogP contribution in [0.3, 0.4) is 0 Å². The molecule has 0 aromatic heterocycles. The highest BCUT2D eigenvalue weighted by atomic mass is 79.9. The molecule has 0 saturated carbocycles. The summed E-state index contributed by atoms with van der Waals surface area (Å²) < 4.78 is 13.1. The van der Waals surface area contributed by atoms with Crippen LogP contribution in [0.1, 0.15) is 70.2 Å². The third-order valence-corrected chi connectivity index (χ3v) is 11.5. The Kier molecular flexibility index (Phi) is 11.6. The molecule has 0 aliphatic carbocycles. The number of allylic oxidation sites excluding steroid dienone is 1. The average Bonchev–Trinajstić information content (AvgIpc) is 3.71. The molecular formula is C40H50BrN3O7. The molecule has 1 unspecified atom stereocenters. The van der Waals surface area contributed by atoms with Crippen LogP contribution < -0.4 is 0 Å². The van der Waals surface area contributed by atoms with Crippen LogP contribution in [0.15, 0.2) is 86.0 Å². The second kappa shape index (κ2) is 15.4. The molecule has 2 aromatic rings. The van der Waals surface area contributed by atoms with Gasteiger partial charge in [-0.25, -0.2) is 0 Å². The van der Waals surface area contributed by atoms with Crippen molar-refractivity contribution in [3.05, 3.63) is 97.1 Å². The van der Waals surface area contributed by atoms with E-state index in [9.17, 15) is 24.3 Å². The van der Waals surface area contributed by atoms with Crippen molar-refractivity contribution in [3.8, 4) is 0 Å². The fraction of sp³-hybridized carbons (Fsp3) is 0.500. The number of halogens is 1. The molecule has 3 fully saturated rings. The minimum Gasteiger partial charge on any atom is -0.455 e. The number of aliphatic hydroxyl groups is 1. The lowest BCUT2D eigenvalue weighted by Gasteiger charge is -2.43. The number of likely N-dealkylation sites (tertiary alicyclic amines) is 1. The van der Waals surface area contributed by atoms with E-state index >= 15 is 0 Å². The van der Waals surface area contributed by atoms with Crippen LogP contribution in [0.25, 0.3) is 0 Å². The van der Waals surface area contributed by atoms with E-state index in [2.05, 4.69) is 29.1 Å². The zero-order chi connectivity index (χ0) is 37.2. The molecule has 274 valence electrons. The Morgan fingerprint density at radius 3 is 2.24 bits per heavy atom. The maximum absolute atomic E-state index is 15.0. The lowest BCUT2D eigenvalue weighted by Crippen LogP contribution is -2.60. The van der Waals surface area contributed by atoms with Crippen molar-refractivity contribution in [2.24, 2.45) is 11.8 Å². The SMILES string of the molecule is C=CCCC(=O)N(C)[C@@H](C)[C@@H](OC(=O)[C@@H]1[C@H]2O[C@@]3(CC2Br)[C@H](C(=O)N(CC=C)C(C)(C)C)N([C@H](CO)c2ccccc2)C(=O)[C@@H]13)c1ccccc1. The first-order valence-electron chi connectivity index (χ1n) is 17.6. The van der Waals surface area contributed by atoms with E-state index in [0.29, 0.717) is 24.0 Å². The third kappa shape index (κ3) is 7.04. The number of nitrogens with zero attached hydrogens (tertiary/aromatic N) is 3. The number of aliphatic hydroxyl groups excluding tert-OH is 1. The predicted molar refractivity (Wildman–Crippen MR) is 197 cm³/mol. The van der Waals surface area contributed by atoms with Gasteiger partial charge in [0.25, 0.3) is 0 Å². The Morgan fingerprint density at radius 1 is 1.08 bits per heavy atom. The highest BCUT2D eigenvalue weighted by Crippen LogP contribution is 2.62. The van der Waals surface area contributed by atoms with Crippen molar-refractivity contribution in [1.82, 2.24) is 14.7 Å². The number of likely N-dealkylation sites (N-methyl/N-ethyl adjacent to an activating group) is 1. The van der Waals surface area contributed by atoms with Gasteiger partial charge in [0.1, 0.15) is 17.7 Å². The number of fused-ring (bicyclic) bond motifs is 1. The number of carbonyl (C=O) groups excluding carboxylic acids is 4. The number of benzene rings is 2. The van der Waals surface area contributed by atoms with Crippen molar-refractivity contribution in [2.45, 2.75) is 93.3 Å². The van der Waals surface area contributed by atoms with E-state index < -0.39 is 71.8 Å². The standard InChI is InChI=1S/C40H50BrN3O7/c1-8-10-21-30(46)42(7)25(3)33(27-19-15-12-16-20-27)50-38(49)31-32-36(47)44(29(24-45)26-17-13-11-14-18-26)35(40(32)23-28(41)34(31)51-40)37(48)43(22-9-2)39(4,5)6/h8-9,11-20,25,28-29,31-35,45H,1-2,10,21-24H2,3-7H3/t25-,28?,29+,31-,32+,33+,34-,35-,40+/m0/s1. The minimum absolute atomic E-state index is 0.121. The lowest BCUT2D eigenvalue weighted by atomic mass is 9.70. The van der Waals surface area contributed by atoms with E-state index in [4.69, 9.17) is 9.47 Å². The summed E-state index contributed by atoms with van der Waals surface area (Å²) in [6.07, 6.45) is 2.79. The number of rotatable bonds is 14. The van der Waals surface area contributed by atoms with Crippen molar-refractivity contribution in [3.63, 3.8) is 0 Å². The quantitative estimate of drug-likeness (QED) is 0.156. The van der Waals surface area contributed by atoms with Crippen LogP contribution in [0.2, 0.25) is 0 Å². The van der Waals surface area contributed by atoms with E-state index in [-0.39, 0.29) is 29.6 Å². The van der Waals surface area contributed by atoms with Crippen LogP contribution >= 0.6 is 15.9 Å². The van der Waals surface area contributed by atoms with Gasteiger partial charge in [0.2, 0.25) is 17.7 Å². The number of amides is 3. The topological polar surface area (TPSA) is 117 Å². The van der Waals surface area contributed by atoms with Gasteiger partial charge < -0.3 is 29.3 Å². The number of hydrogen-bond acceptors (Lipinski definition) is 7. The number of hydrogen-bond donors (Lipinski definition) is 1. The van der Waals surface area contributed by atoms with Crippen molar-refractivity contribution < 1.29 is 33.8 Å². The fourth-order valence-corrected chi connectivity index (χ4v) is 9.02. The summed E-state index contributed by atoms with van der Waals surface area (Å²) in [6, 6.07) is 15.7. The number of carbonyl (C=O) groups is 4. The smallest absolute Gasteiger partial charge is 0.313 e. The van der Waals surface area contributed by atoms with Gasteiger partial charge >= 0.3 is 5.97 Å². The molecule has 10 nitrogen and oxygen atoms in total. The number of esters is 1. The van der Waals surface area contributed by atoms with Crippen molar-refractivity contribution in [2.75, 3.05) is 20.2 Å². The molecule has 51 heavy (non-hydrogen) atoms. The summed E-state index contributed by atoms with van der Waals surface area (Å²) in [6.45, 7) is 14.9. The van der Waals surface area contributed by atoms with Gasteiger partial charge in [-0.3, -0.25) is 19.2 Å². The minimum atomic E-state index is -1.38. The second-order valence-corrected chi connectivity index (χ2v) is 15.9. The zero-order valence-corrected chi connectivity index (χ0v) is 31.7. The molecule has 3 heterocycles. The second-order valence-electron chi connectivity index (χ2n) is 14.8. The summed E-state index contributed by atoms with van der Waals surface area (Å²) in [5, 5.41) is 10.9. The molecule has 2 aromatic carbocycles. The maximum Gasteiger partial charge on any atom is 0.313 e. The summed E-state index contributed by atoms with van der Waals surface area (Å²) in [7, 11) is 1.68. The van der Waals surface area contributed by atoms with Gasteiger partial charge in [-0.1, -0.05) is 88.7 Å². The third-order valence-electron chi connectivity index (χ3n) is 10.7. The normalized spacial score (nSPS) is 26.9. The Labute approximate surface area is 309 Å². The van der Waals surface area contributed by atoms with Crippen LogP contribution in [0, 0.1) is 11.8 Å². The first kappa shape index (κ1) is 38.4. The number of ether oxygens (including phenoxy) is 2. The predicted octanol–water partition coefficient (Wildman–Crippen LogP) is 5.38. The summed E-state index contributed by atoms with van der Waals surface area (Å²) in [5.74, 6) is -3.69. The zero-order valence-electron chi connectivity index (χ0n) is 30.1. The van der Waals surface area contributed by atoms with E-state index in [1.807, 2.05) is 88.4 Å². The highest BCUT2D eigenvalue weighted by molar-refractivity contribution is 9.09. The molecule has 2 bridgehead atoms. The Hall–Kier alpha value is -3.80. The van der Waals surface area contributed by atoms with Gasteiger partial charge in [-0.15, -0.1) is 13.2 Å². The van der Waals surface area contributed by atoms with Crippen LogP contribution in [0.4, 0.5) is 0 Å². The van der Waals surface area contributed by atoms with E-state index in [1.54, 1.807) is 29.0 Å². The van der Waals surface area contributed by atoms with Gasteiger partial charge in [0.15, 0.2) is 0 Å². The van der Waals surface area contributed by atoms with Gasteiger partial charge in [0.05, 0.1) is 36.6 Å². The molecule has 3 amide bonds. The monoisotopic (exact) mass is 763 g/mol. The first-order chi connectivity index (χ1) is 24.2. The molecular weight excluding hydrogens is 714 g/mol. The molecule has 3 aliphatic heterocycles. The Morgan fingerprint density at radius 2 is 1.69 bits per heavy atom. The summed E-state index contributed by atoms with van der Waals surface area (Å²) in [5.41, 5.74) is -0.681. The summed E-state index contributed by atoms with van der Waals surface area (Å²) in [4.78, 5) is 61.9. The van der Waals surface area contributed by atoms with E-state index in [1.165, 1.54) is 4.90 Å². The fourth-order valence-electron chi connectivity index (χ4n) is 8.08. The molecule has 3 aliphatic rings. The van der Waals surface area contributed by atoms with Gasteiger partial charge in [0, 0.05) is 30.4 Å². The van der Waals surface area contributed by atoms with Gasteiger partial charge in [-0.05, 0) is 51.7 Å². The highest BCUT2D eigenvalue weighted by Gasteiger charge is 2.78. The van der Waals surface area contributed by atoms with E-state index in [0.717, 1.165) is 0 Å². The first-order valence-corrected chi connectivity index (χ1v) is 18.5. The molecule has 11 heteroatoms. The van der Waals surface area contributed by atoms with Crippen LogP contribution in [0.5, 0.6) is 0 Å². The Bertz CT molecular complexity index is 1610. The molecule has 1 spiro atoms. The summed E-state index contributed by atoms with van der Waals surface area (Å²) >= 11 is 3.75. The Balaban J connectivity index is 1.58. The van der Waals surface area contributed by atoms with Gasteiger partial charge in [-0.2, -0.15) is 0 Å². The molecule has 9 atom stereocenters. The lowest BCUT2D eigenvalue weighted by molar-refractivity contribution is -0.165. The maximum atomic E-state index is 15.0. The molecule has 1 N–H and O–H groups in total. The molecule has 3 saturated heterocycles. The number of alkyl halides is 1.